The standard InChI is InChI=1S/C17H16F3NO4.C6H6/c1-11(16(22)23)24-14-7-5-13(6-8-14)21-10-12-3-2-4-15(9-12)25-17(18,19)20;1-2-4-6-5-3-1/h2-9,11,21H,10H2,1H3,(H,22,23);1-6H. The summed E-state index contributed by atoms with van der Waals surface area (Å²) in [6.45, 7) is 1.71. The zero-order valence-electron chi connectivity index (χ0n) is 16.7. The first-order valence-corrected chi connectivity index (χ1v) is 9.31. The van der Waals surface area contributed by atoms with Crippen LogP contribution in [0.5, 0.6) is 11.5 Å². The predicted octanol–water partition coefficient (Wildman–Crippen LogP) is 5.74. The molecular weight excluding hydrogens is 411 g/mol. The van der Waals surface area contributed by atoms with Gasteiger partial charge in [-0.25, -0.2) is 4.79 Å². The van der Waals surface area contributed by atoms with Crippen molar-refractivity contribution in [2.24, 2.45) is 0 Å². The van der Waals surface area contributed by atoms with E-state index in [0.717, 1.165) is 0 Å². The van der Waals surface area contributed by atoms with Crippen LogP contribution >= 0.6 is 0 Å². The Hall–Kier alpha value is -3.68. The summed E-state index contributed by atoms with van der Waals surface area (Å²) in [5.74, 6) is -0.942. The lowest BCUT2D eigenvalue weighted by Crippen LogP contribution is -2.22. The summed E-state index contributed by atoms with van der Waals surface area (Å²) < 4.78 is 45.7. The molecule has 164 valence electrons. The number of aliphatic carboxylic acids is 1. The molecule has 1 unspecified atom stereocenters. The Morgan fingerprint density at radius 2 is 1.52 bits per heavy atom. The van der Waals surface area contributed by atoms with E-state index in [-0.39, 0.29) is 5.75 Å². The molecular formula is C23H22F3NO4. The van der Waals surface area contributed by atoms with Crippen LogP contribution in [-0.4, -0.2) is 23.5 Å². The number of alkyl halides is 3. The number of carboxylic acids is 1. The molecule has 0 saturated heterocycles. The van der Waals surface area contributed by atoms with E-state index in [1.165, 1.54) is 25.1 Å². The molecule has 0 bridgehead atoms. The summed E-state index contributed by atoms with van der Waals surface area (Å²) in [4.78, 5) is 10.7. The van der Waals surface area contributed by atoms with Gasteiger partial charge in [-0.15, -0.1) is 13.2 Å². The Balaban J connectivity index is 0.000000488. The van der Waals surface area contributed by atoms with Crippen molar-refractivity contribution in [3.05, 3.63) is 90.5 Å². The summed E-state index contributed by atoms with van der Waals surface area (Å²) in [7, 11) is 0. The van der Waals surface area contributed by atoms with Crippen molar-refractivity contribution in [3.63, 3.8) is 0 Å². The summed E-state index contributed by atoms with van der Waals surface area (Å²) in [5, 5.41) is 11.8. The normalized spacial score (nSPS) is 11.5. The van der Waals surface area contributed by atoms with Gasteiger partial charge in [-0.3, -0.25) is 0 Å². The smallest absolute Gasteiger partial charge is 0.479 e. The molecule has 2 N–H and O–H groups in total. The highest BCUT2D eigenvalue weighted by molar-refractivity contribution is 5.72. The van der Waals surface area contributed by atoms with Gasteiger partial charge < -0.3 is 19.9 Å². The van der Waals surface area contributed by atoms with Crippen LogP contribution in [0.3, 0.4) is 0 Å². The van der Waals surface area contributed by atoms with E-state index in [0.29, 0.717) is 23.5 Å². The summed E-state index contributed by atoms with van der Waals surface area (Å²) >= 11 is 0. The van der Waals surface area contributed by atoms with Crippen LogP contribution in [0.4, 0.5) is 18.9 Å². The molecule has 3 aromatic carbocycles. The third-order valence-electron chi connectivity index (χ3n) is 3.81. The third-order valence-corrected chi connectivity index (χ3v) is 3.81. The van der Waals surface area contributed by atoms with E-state index >= 15 is 0 Å². The molecule has 5 nitrogen and oxygen atoms in total. The lowest BCUT2D eigenvalue weighted by Gasteiger charge is -2.12. The molecule has 3 rings (SSSR count). The topological polar surface area (TPSA) is 67.8 Å². The van der Waals surface area contributed by atoms with Crippen LogP contribution in [0.15, 0.2) is 84.9 Å². The first-order chi connectivity index (χ1) is 14.7. The van der Waals surface area contributed by atoms with Crippen LogP contribution in [0, 0.1) is 0 Å². The zero-order chi connectivity index (χ0) is 22.7. The van der Waals surface area contributed by atoms with Crippen molar-refractivity contribution in [1.29, 1.82) is 0 Å². The second-order valence-corrected chi connectivity index (χ2v) is 6.33. The van der Waals surface area contributed by atoms with E-state index in [9.17, 15) is 18.0 Å². The lowest BCUT2D eigenvalue weighted by atomic mass is 10.2. The molecule has 3 aromatic rings. The monoisotopic (exact) mass is 433 g/mol. The molecule has 0 spiro atoms. The maximum absolute atomic E-state index is 12.2. The predicted molar refractivity (Wildman–Crippen MR) is 111 cm³/mol. The van der Waals surface area contributed by atoms with Crippen LogP contribution in [0.1, 0.15) is 12.5 Å². The minimum atomic E-state index is -4.73. The minimum Gasteiger partial charge on any atom is -0.479 e. The molecule has 0 aliphatic rings. The van der Waals surface area contributed by atoms with Gasteiger partial charge in [0, 0.05) is 12.2 Å². The highest BCUT2D eigenvalue weighted by Gasteiger charge is 2.31. The Morgan fingerprint density at radius 1 is 0.935 bits per heavy atom. The summed E-state index contributed by atoms with van der Waals surface area (Å²) in [6.07, 6.45) is -5.69. The molecule has 8 heteroatoms. The zero-order valence-corrected chi connectivity index (χ0v) is 16.7. The van der Waals surface area contributed by atoms with Gasteiger partial charge in [0.1, 0.15) is 11.5 Å². The van der Waals surface area contributed by atoms with E-state index < -0.39 is 18.4 Å². The third kappa shape index (κ3) is 9.58. The molecule has 1 atom stereocenters. The Morgan fingerprint density at radius 3 is 2.03 bits per heavy atom. The number of carbonyl (C=O) groups is 1. The van der Waals surface area contributed by atoms with Crippen LogP contribution in [-0.2, 0) is 11.3 Å². The van der Waals surface area contributed by atoms with E-state index in [2.05, 4.69) is 10.1 Å². The number of benzene rings is 3. The first kappa shape index (κ1) is 23.6. The van der Waals surface area contributed by atoms with Gasteiger partial charge in [0.25, 0.3) is 0 Å². The molecule has 0 saturated carbocycles. The van der Waals surface area contributed by atoms with Crippen molar-refractivity contribution in [2.45, 2.75) is 25.9 Å². The highest BCUT2D eigenvalue weighted by Crippen LogP contribution is 2.24. The number of rotatable bonds is 7. The second-order valence-electron chi connectivity index (χ2n) is 6.33. The molecule has 31 heavy (non-hydrogen) atoms. The Kier molecular flexibility index (Phi) is 8.75. The van der Waals surface area contributed by atoms with Crippen LogP contribution < -0.4 is 14.8 Å². The largest absolute Gasteiger partial charge is 0.573 e. The quantitative estimate of drug-likeness (QED) is 0.498. The average molecular weight is 433 g/mol. The molecule has 0 fully saturated rings. The van der Waals surface area contributed by atoms with Crippen molar-refractivity contribution in [3.8, 4) is 11.5 Å². The van der Waals surface area contributed by atoms with E-state index in [1.54, 1.807) is 30.3 Å². The van der Waals surface area contributed by atoms with Crippen molar-refractivity contribution < 1.29 is 32.5 Å². The Labute approximate surface area is 178 Å². The number of hydrogen-bond donors (Lipinski definition) is 2. The molecule has 0 amide bonds. The van der Waals surface area contributed by atoms with Gasteiger partial charge in [-0.2, -0.15) is 0 Å². The second kappa shape index (κ2) is 11.5. The molecule has 0 heterocycles. The average Bonchev–Trinajstić information content (AvgIpc) is 2.74. The van der Waals surface area contributed by atoms with Gasteiger partial charge >= 0.3 is 12.3 Å². The first-order valence-electron chi connectivity index (χ1n) is 9.31. The number of anilines is 1. The van der Waals surface area contributed by atoms with E-state index in [1.807, 2.05) is 36.4 Å². The lowest BCUT2D eigenvalue weighted by molar-refractivity contribution is -0.274. The number of hydrogen-bond acceptors (Lipinski definition) is 4. The van der Waals surface area contributed by atoms with Gasteiger partial charge in [0.05, 0.1) is 0 Å². The number of ether oxygens (including phenoxy) is 2. The molecule has 0 aliphatic carbocycles. The van der Waals surface area contributed by atoms with Crippen molar-refractivity contribution >= 4 is 11.7 Å². The number of nitrogens with one attached hydrogen (secondary N) is 1. The fraction of sp³-hybridized carbons (Fsp3) is 0.174. The minimum absolute atomic E-state index is 0.279. The molecule has 0 aliphatic heterocycles. The Bertz CT molecular complexity index is 905. The van der Waals surface area contributed by atoms with Crippen LogP contribution in [0.25, 0.3) is 0 Å². The highest BCUT2D eigenvalue weighted by atomic mass is 19.4. The van der Waals surface area contributed by atoms with Crippen LogP contribution in [0.2, 0.25) is 0 Å². The summed E-state index contributed by atoms with van der Waals surface area (Å²) in [5.41, 5.74) is 1.32. The molecule has 0 aromatic heterocycles. The number of carboxylic acid groups (broad SMARTS) is 1. The maximum atomic E-state index is 12.2. The van der Waals surface area contributed by atoms with Gasteiger partial charge in [-0.1, -0.05) is 48.5 Å². The van der Waals surface area contributed by atoms with E-state index in [4.69, 9.17) is 9.84 Å². The maximum Gasteiger partial charge on any atom is 0.573 e. The van der Waals surface area contributed by atoms with Gasteiger partial charge in [0.15, 0.2) is 6.10 Å². The fourth-order valence-corrected chi connectivity index (χ4v) is 2.35. The van der Waals surface area contributed by atoms with Gasteiger partial charge in [0.2, 0.25) is 0 Å². The van der Waals surface area contributed by atoms with Crippen molar-refractivity contribution in [1.82, 2.24) is 0 Å². The fourth-order valence-electron chi connectivity index (χ4n) is 2.35. The summed E-state index contributed by atoms with van der Waals surface area (Å²) in [6, 6.07) is 24.2. The van der Waals surface area contributed by atoms with Crippen molar-refractivity contribution in [2.75, 3.05) is 5.32 Å². The number of halogens is 3. The molecule has 0 radical (unpaired) electrons. The SMILES string of the molecule is CC(Oc1ccc(NCc2cccc(OC(F)(F)F)c2)cc1)C(=O)O.c1ccccc1. The van der Waals surface area contributed by atoms with Gasteiger partial charge in [-0.05, 0) is 48.9 Å².